The number of carbonyl (C=O) groups is 1. The lowest BCUT2D eigenvalue weighted by molar-refractivity contribution is 0.100. The lowest BCUT2D eigenvalue weighted by Crippen LogP contribution is -2.12. The van der Waals surface area contributed by atoms with Crippen LogP contribution in [-0.2, 0) is 7.05 Å². The Morgan fingerprint density at radius 1 is 1.07 bits per heavy atom. The number of imidazole rings is 1. The van der Waals surface area contributed by atoms with Crippen molar-refractivity contribution < 1.29 is 13.6 Å². The third kappa shape index (κ3) is 4.25. The number of halogens is 2. The van der Waals surface area contributed by atoms with Crippen LogP contribution in [0.1, 0.15) is 16.1 Å². The highest BCUT2D eigenvalue weighted by atomic mass is 19.1. The molecule has 0 fully saturated rings. The standard InChI is InChI=1S/C28H23F2N9O/c1-14-17-8-7-16(13-22(17)37-39(14)3)38(2)23-9-10-32-28(35-23)33-15-11-19(29)24(20(30)12-15)27-34-21-6-4-5-18(26(31)40)25(21)36-27/h4-13H,1-3H3,(H2,31,40)(H,34,36)(H,32,33,35). The van der Waals surface area contributed by atoms with E-state index >= 15 is 8.78 Å². The number of primary amides is 1. The number of fused-ring (bicyclic) bond motifs is 2. The number of hydrogen-bond donors (Lipinski definition) is 3. The Balaban J connectivity index is 1.28. The maximum absolute atomic E-state index is 15.2. The van der Waals surface area contributed by atoms with Gasteiger partial charge in [0.15, 0.2) is 0 Å². The van der Waals surface area contributed by atoms with E-state index in [4.69, 9.17) is 5.73 Å². The molecule has 1 amide bonds. The number of nitrogens with zero attached hydrogens (tertiary/aromatic N) is 6. The average Bonchev–Trinajstić information content (AvgIpc) is 3.47. The van der Waals surface area contributed by atoms with Crippen molar-refractivity contribution in [1.82, 2.24) is 29.7 Å². The van der Waals surface area contributed by atoms with Crippen LogP contribution < -0.4 is 16.0 Å². The van der Waals surface area contributed by atoms with Gasteiger partial charge >= 0.3 is 0 Å². The summed E-state index contributed by atoms with van der Waals surface area (Å²) in [6.07, 6.45) is 1.55. The molecule has 3 aromatic carbocycles. The Labute approximate surface area is 226 Å². The zero-order valence-electron chi connectivity index (χ0n) is 21.7. The van der Waals surface area contributed by atoms with Crippen molar-refractivity contribution in [2.45, 2.75) is 6.92 Å². The minimum Gasteiger partial charge on any atom is -0.366 e. The summed E-state index contributed by atoms with van der Waals surface area (Å²) in [7, 11) is 3.75. The molecule has 0 spiro atoms. The van der Waals surface area contributed by atoms with E-state index in [1.54, 1.807) is 24.4 Å². The Kier molecular flexibility index (Phi) is 5.87. The summed E-state index contributed by atoms with van der Waals surface area (Å²) >= 11 is 0. The Morgan fingerprint density at radius 3 is 2.60 bits per heavy atom. The molecule has 0 bridgehead atoms. The fraction of sp³-hybridized carbons (Fsp3) is 0.107. The summed E-state index contributed by atoms with van der Waals surface area (Å²) in [5.41, 5.74) is 8.75. The highest BCUT2D eigenvalue weighted by Gasteiger charge is 2.20. The molecule has 0 aliphatic rings. The number of amides is 1. The number of anilines is 4. The molecule has 0 saturated carbocycles. The number of aromatic amines is 1. The van der Waals surface area contributed by atoms with E-state index in [9.17, 15) is 4.79 Å². The molecule has 40 heavy (non-hydrogen) atoms. The quantitative estimate of drug-likeness (QED) is 0.268. The van der Waals surface area contributed by atoms with Crippen molar-refractivity contribution in [3.05, 3.63) is 83.7 Å². The molecular weight excluding hydrogens is 516 g/mol. The minimum absolute atomic E-state index is 0.0646. The maximum Gasteiger partial charge on any atom is 0.250 e. The lowest BCUT2D eigenvalue weighted by atomic mass is 10.1. The minimum atomic E-state index is -0.866. The van der Waals surface area contributed by atoms with Crippen LogP contribution in [0.15, 0.2) is 60.8 Å². The van der Waals surface area contributed by atoms with E-state index in [-0.39, 0.29) is 34.1 Å². The molecule has 3 heterocycles. The SMILES string of the molecule is Cc1c2ccc(N(C)c3ccnc(Nc4cc(F)c(-c5nc6c(C(N)=O)cccc6[nH]5)c(F)c4)n3)cc2nn1C. The first-order chi connectivity index (χ1) is 19.2. The van der Waals surface area contributed by atoms with E-state index in [1.807, 2.05) is 48.8 Å². The van der Waals surface area contributed by atoms with Gasteiger partial charge in [-0.05, 0) is 55.5 Å². The van der Waals surface area contributed by atoms with Crippen molar-refractivity contribution in [2.24, 2.45) is 12.8 Å². The molecule has 6 aromatic rings. The normalized spacial score (nSPS) is 11.3. The fourth-order valence-electron chi connectivity index (χ4n) is 4.61. The van der Waals surface area contributed by atoms with Gasteiger partial charge in [-0.3, -0.25) is 9.48 Å². The van der Waals surface area contributed by atoms with Gasteiger partial charge in [0.25, 0.3) is 5.91 Å². The number of rotatable bonds is 6. The van der Waals surface area contributed by atoms with Crippen LogP contribution in [-0.4, -0.2) is 42.7 Å². The van der Waals surface area contributed by atoms with Crippen molar-refractivity contribution >= 4 is 51.0 Å². The van der Waals surface area contributed by atoms with Gasteiger partial charge in [0.1, 0.15) is 28.8 Å². The molecule has 0 unspecified atom stereocenters. The number of benzene rings is 3. The van der Waals surface area contributed by atoms with Crippen LogP contribution in [0.5, 0.6) is 0 Å². The lowest BCUT2D eigenvalue weighted by Gasteiger charge is -2.19. The predicted molar refractivity (Wildman–Crippen MR) is 149 cm³/mol. The fourth-order valence-corrected chi connectivity index (χ4v) is 4.61. The van der Waals surface area contributed by atoms with Crippen LogP contribution in [0.3, 0.4) is 0 Å². The zero-order chi connectivity index (χ0) is 28.1. The predicted octanol–water partition coefficient (Wildman–Crippen LogP) is 5.10. The second kappa shape index (κ2) is 9.42. The van der Waals surface area contributed by atoms with E-state index < -0.39 is 17.5 Å². The largest absolute Gasteiger partial charge is 0.366 e. The van der Waals surface area contributed by atoms with Gasteiger partial charge in [0, 0.05) is 42.7 Å². The molecule has 0 atom stereocenters. The van der Waals surface area contributed by atoms with Crippen molar-refractivity contribution in [2.75, 3.05) is 17.3 Å². The summed E-state index contributed by atoms with van der Waals surface area (Å²) in [6, 6.07) is 14.7. The van der Waals surface area contributed by atoms with E-state index in [2.05, 4.69) is 30.4 Å². The number of H-pyrrole nitrogens is 1. The highest BCUT2D eigenvalue weighted by molar-refractivity contribution is 6.04. The Morgan fingerprint density at radius 2 is 1.85 bits per heavy atom. The molecule has 0 aliphatic heterocycles. The van der Waals surface area contributed by atoms with Crippen LogP contribution in [0.4, 0.5) is 31.9 Å². The number of nitrogens with one attached hydrogen (secondary N) is 2. The molecule has 10 nitrogen and oxygen atoms in total. The summed E-state index contributed by atoms with van der Waals surface area (Å²) in [6.45, 7) is 2.01. The van der Waals surface area contributed by atoms with Gasteiger partial charge in [0.05, 0.1) is 22.2 Å². The van der Waals surface area contributed by atoms with Crippen molar-refractivity contribution in [3.8, 4) is 11.4 Å². The Hall–Kier alpha value is -5.39. The maximum atomic E-state index is 15.2. The van der Waals surface area contributed by atoms with Gasteiger partial charge in [-0.25, -0.2) is 18.7 Å². The zero-order valence-corrected chi connectivity index (χ0v) is 21.7. The van der Waals surface area contributed by atoms with Crippen molar-refractivity contribution in [3.63, 3.8) is 0 Å². The van der Waals surface area contributed by atoms with Gasteiger partial charge in [-0.15, -0.1) is 0 Å². The van der Waals surface area contributed by atoms with Crippen LogP contribution in [0, 0.1) is 18.6 Å². The number of nitrogens with two attached hydrogens (primary N) is 1. The number of para-hydroxylation sites is 1. The first kappa shape index (κ1) is 24.9. The van der Waals surface area contributed by atoms with Gasteiger partial charge in [0.2, 0.25) is 5.95 Å². The average molecular weight is 540 g/mol. The van der Waals surface area contributed by atoms with Crippen LogP contribution in [0.2, 0.25) is 0 Å². The summed E-state index contributed by atoms with van der Waals surface area (Å²) in [5.74, 6) is -1.77. The molecule has 0 aliphatic carbocycles. The number of aromatic nitrogens is 6. The third-order valence-corrected chi connectivity index (χ3v) is 6.80. The molecule has 3 aromatic heterocycles. The molecule has 200 valence electrons. The smallest absolute Gasteiger partial charge is 0.250 e. The summed E-state index contributed by atoms with van der Waals surface area (Å²) in [4.78, 5) is 29.4. The monoisotopic (exact) mass is 539 g/mol. The first-order valence-corrected chi connectivity index (χ1v) is 12.2. The second-order valence-electron chi connectivity index (χ2n) is 9.30. The number of carbonyl (C=O) groups excluding carboxylic acids is 1. The van der Waals surface area contributed by atoms with Gasteiger partial charge < -0.3 is 20.9 Å². The van der Waals surface area contributed by atoms with Crippen molar-refractivity contribution in [1.29, 1.82) is 0 Å². The van der Waals surface area contributed by atoms with Crippen LogP contribution >= 0.6 is 0 Å². The molecular formula is C28H23F2N9O. The van der Waals surface area contributed by atoms with Gasteiger partial charge in [-0.2, -0.15) is 10.1 Å². The first-order valence-electron chi connectivity index (χ1n) is 12.2. The molecule has 4 N–H and O–H groups in total. The summed E-state index contributed by atoms with van der Waals surface area (Å²) in [5, 5.41) is 8.47. The molecule has 6 rings (SSSR count). The van der Waals surface area contributed by atoms with Gasteiger partial charge in [-0.1, -0.05) is 6.07 Å². The molecule has 12 heteroatoms. The second-order valence-corrected chi connectivity index (χ2v) is 9.30. The van der Waals surface area contributed by atoms with Crippen LogP contribution in [0.25, 0.3) is 33.3 Å². The number of aryl methyl sites for hydroxylation is 2. The van der Waals surface area contributed by atoms with E-state index in [1.165, 1.54) is 6.07 Å². The molecule has 0 saturated heterocycles. The topological polar surface area (TPSA) is 131 Å². The highest BCUT2D eigenvalue weighted by Crippen LogP contribution is 2.31. The summed E-state index contributed by atoms with van der Waals surface area (Å²) < 4.78 is 32.2. The Bertz CT molecular complexity index is 1920. The van der Waals surface area contributed by atoms with E-state index in [0.717, 1.165) is 34.4 Å². The number of hydrogen-bond acceptors (Lipinski definition) is 7. The molecule has 0 radical (unpaired) electrons. The third-order valence-electron chi connectivity index (χ3n) is 6.80. The van der Waals surface area contributed by atoms with E-state index in [0.29, 0.717) is 11.3 Å².